The van der Waals surface area contributed by atoms with Crippen LogP contribution in [0.5, 0.6) is 5.75 Å². The highest BCUT2D eigenvalue weighted by atomic mass is 35.5. The van der Waals surface area contributed by atoms with Crippen molar-refractivity contribution in [1.29, 1.82) is 0 Å². The number of carbonyl (C=O) groups is 3. The van der Waals surface area contributed by atoms with Gasteiger partial charge in [0.25, 0.3) is 11.5 Å². The predicted molar refractivity (Wildman–Crippen MR) is 152 cm³/mol. The molecule has 3 rings (SSSR count). The number of benzene rings is 2. The number of aromatic nitrogens is 2. The van der Waals surface area contributed by atoms with Gasteiger partial charge in [0.15, 0.2) is 6.04 Å². The molecule has 0 radical (unpaired) electrons. The minimum atomic E-state index is -1.13. The van der Waals surface area contributed by atoms with Crippen LogP contribution in [0.2, 0.25) is 0 Å². The zero-order valence-corrected chi connectivity index (χ0v) is 24.3. The van der Waals surface area contributed by atoms with E-state index in [4.69, 9.17) is 0 Å². The Morgan fingerprint density at radius 3 is 2.31 bits per heavy atom. The van der Waals surface area contributed by atoms with E-state index in [1.54, 1.807) is 55.5 Å². The zero-order chi connectivity index (χ0) is 29.8. The number of H-pyrrole nitrogens is 1. The van der Waals surface area contributed by atoms with E-state index in [-0.39, 0.29) is 54.6 Å². The summed E-state index contributed by atoms with van der Waals surface area (Å²) in [6.45, 7) is 2.26. The number of phenolic OH excluding ortho intramolecular Hbond substituents is 1. The number of carbonyl (C=O) groups excluding carboxylic acids is 2. The van der Waals surface area contributed by atoms with Crippen LogP contribution in [0, 0.1) is 6.92 Å². The summed E-state index contributed by atoms with van der Waals surface area (Å²) in [7, 11) is 0. The Morgan fingerprint density at radius 1 is 0.976 bits per heavy atom. The number of nitrogens with zero attached hydrogens (tertiary/aromatic N) is 1. The van der Waals surface area contributed by atoms with Crippen LogP contribution in [0.25, 0.3) is 0 Å². The van der Waals surface area contributed by atoms with Crippen molar-refractivity contribution < 1.29 is 42.7 Å². The van der Waals surface area contributed by atoms with Gasteiger partial charge in [-0.05, 0) is 49.4 Å². The molecule has 1 aromatic heterocycles. The molecule has 11 nitrogen and oxygen atoms in total. The van der Waals surface area contributed by atoms with Crippen LogP contribution in [0.15, 0.2) is 59.4 Å². The average Bonchev–Trinajstić information content (AvgIpc) is 2.94. The van der Waals surface area contributed by atoms with E-state index >= 15 is 0 Å². The Bertz CT molecular complexity index is 1380. The number of aryl methyl sites for hydroxylation is 3. The number of aliphatic carboxylic acids is 1. The molecule has 8 N–H and O–H groups in total. The molecular weight excluding hydrogens is 562 g/mol. The molecule has 0 spiro atoms. The lowest BCUT2D eigenvalue weighted by Gasteiger charge is -2.14. The number of carboxylic acids is 1. The highest BCUT2D eigenvalue weighted by Crippen LogP contribution is 2.11. The van der Waals surface area contributed by atoms with E-state index < -0.39 is 24.0 Å². The number of unbranched alkanes of at least 4 members (excludes halogenated alkanes) is 1. The second-order valence-electron chi connectivity index (χ2n) is 10.0. The lowest BCUT2D eigenvalue weighted by molar-refractivity contribution is -0.403. The van der Waals surface area contributed by atoms with Gasteiger partial charge in [0, 0.05) is 37.9 Å². The smallest absolute Gasteiger partial charge is 0.326 e. The SMILES string of the molecule is Cc1nc(CCC(=O)NC(Cc2ccccc2)C(=O)O)c(=O)[nH]c1CCCCNC(=O)C([NH3+])Cc1ccc(O)cc1.[Cl-]. The fraction of sp³-hybridized carbons (Fsp3) is 0.367. The normalized spacial score (nSPS) is 12.0. The van der Waals surface area contributed by atoms with Crippen molar-refractivity contribution in [3.05, 3.63) is 93.2 Å². The van der Waals surface area contributed by atoms with E-state index in [1.807, 2.05) is 6.07 Å². The van der Waals surface area contributed by atoms with Gasteiger partial charge in [0.2, 0.25) is 5.91 Å². The molecule has 226 valence electrons. The molecule has 3 aromatic rings. The zero-order valence-electron chi connectivity index (χ0n) is 23.6. The Kier molecular flexibility index (Phi) is 13.7. The van der Waals surface area contributed by atoms with E-state index in [2.05, 4.69) is 26.3 Å². The van der Waals surface area contributed by atoms with Gasteiger partial charge < -0.3 is 44.0 Å². The number of hydrogen-bond acceptors (Lipinski definition) is 6. The molecule has 2 atom stereocenters. The maximum atomic E-state index is 12.6. The first-order valence-corrected chi connectivity index (χ1v) is 13.7. The van der Waals surface area contributed by atoms with E-state index in [1.165, 1.54) is 0 Å². The lowest BCUT2D eigenvalue weighted by atomic mass is 10.1. The Balaban J connectivity index is 0.00000616. The van der Waals surface area contributed by atoms with Gasteiger partial charge in [-0.25, -0.2) is 4.79 Å². The maximum Gasteiger partial charge on any atom is 0.326 e. The van der Waals surface area contributed by atoms with Gasteiger partial charge in [0.1, 0.15) is 17.5 Å². The number of amides is 2. The van der Waals surface area contributed by atoms with Crippen molar-refractivity contribution in [3.63, 3.8) is 0 Å². The molecule has 1 heterocycles. The highest BCUT2D eigenvalue weighted by Gasteiger charge is 2.21. The summed E-state index contributed by atoms with van der Waals surface area (Å²) in [4.78, 5) is 56.2. The van der Waals surface area contributed by atoms with Crippen LogP contribution >= 0.6 is 0 Å². The topological polar surface area (TPSA) is 189 Å². The fourth-order valence-electron chi connectivity index (χ4n) is 4.37. The van der Waals surface area contributed by atoms with Crippen molar-refractivity contribution in [2.45, 2.75) is 64.0 Å². The number of hydrogen-bond donors (Lipinski definition) is 6. The minimum absolute atomic E-state index is 0. The first-order chi connectivity index (χ1) is 19.6. The third kappa shape index (κ3) is 11.0. The Hall–Kier alpha value is -4.22. The number of rotatable bonds is 15. The number of carboxylic acid groups (broad SMARTS) is 1. The van der Waals surface area contributed by atoms with E-state index in [9.17, 15) is 29.4 Å². The standard InChI is InChI=1S/C30H37N5O6.ClH/c1-19-24(9-5-6-16-32-28(38)23(31)17-21-10-12-22(36)13-11-21)35-29(39)25(33-19)14-15-27(37)34-26(30(40)41)18-20-7-3-2-4-8-20;/h2-4,7-8,10-13,23,26,36H,5-6,9,14-18,31H2,1H3,(H,32,38)(H,34,37)(H,35,39)(H,40,41);1H. The summed E-state index contributed by atoms with van der Waals surface area (Å²) in [5, 5.41) is 24.3. The van der Waals surface area contributed by atoms with Gasteiger partial charge in [-0.2, -0.15) is 0 Å². The number of halogens is 1. The Morgan fingerprint density at radius 2 is 1.64 bits per heavy atom. The van der Waals surface area contributed by atoms with Gasteiger partial charge in [-0.15, -0.1) is 0 Å². The number of quaternary nitrogens is 1. The summed E-state index contributed by atoms with van der Waals surface area (Å²) < 4.78 is 0. The number of phenols is 1. The first kappa shape index (κ1) is 34.0. The number of aromatic amines is 1. The summed E-state index contributed by atoms with van der Waals surface area (Å²) in [6.07, 6.45) is 2.66. The van der Waals surface area contributed by atoms with Crippen LogP contribution in [0.4, 0.5) is 0 Å². The molecule has 2 amide bonds. The molecule has 0 saturated carbocycles. The molecule has 0 aliphatic carbocycles. The van der Waals surface area contributed by atoms with Crippen LogP contribution < -0.4 is 34.3 Å². The van der Waals surface area contributed by atoms with Gasteiger partial charge in [0.05, 0.1) is 5.69 Å². The molecule has 12 heteroatoms. The van der Waals surface area contributed by atoms with Crippen molar-refractivity contribution >= 4 is 17.8 Å². The molecule has 0 saturated heterocycles. The van der Waals surface area contributed by atoms with Crippen molar-refractivity contribution in [3.8, 4) is 5.75 Å². The van der Waals surface area contributed by atoms with Crippen LogP contribution in [-0.2, 0) is 40.1 Å². The molecular formula is C30H38ClN5O6. The number of aromatic hydroxyl groups is 1. The molecule has 42 heavy (non-hydrogen) atoms. The highest BCUT2D eigenvalue weighted by molar-refractivity contribution is 5.83. The van der Waals surface area contributed by atoms with Gasteiger partial charge in [-0.1, -0.05) is 42.5 Å². The molecule has 0 aliphatic rings. The van der Waals surface area contributed by atoms with E-state index in [0.717, 1.165) is 17.5 Å². The predicted octanol–water partition coefficient (Wildman–Crippen LogP) is -2.18. The lowest BCUT2D eigenvalue weighted by Crippen LogP contribution is -3.00. The van der Waals surface area contributed by atoms with Crippen LogP contribution in [0.3, 0.4) is 0 Å². The molecule has 0 fully saturated rings. The van der Waals surface area contributed by atoms with Crippen LogP contribution in [-0.4, -0.2) is 56.6 Å². The van der Waals surface area contributed by atoms with Gasteiger partial charge >= 0.3 is 5.97 Å². The first-order valence-electron chi connectivity index (χ1n) is 13.7. The fourth-order valence-corrected chi connectivity index (χ4v) is 4.37. The van der Waals surface area contributed by atoms with Crippen molar-refractivity contribution in [2.75, 3.05) is 6.54 Å². The Labute approximate surface area is 250 Å². The van der Waals surface area contributed by atoms with Gasteiger partial charge in [-0.3, -0.25) is 19.4 Å². The van der Waals surface area contributed by atoms with Crippen molar-refractivity contribution in [1.82, 2.24) is 20.6 Å². The third-order valence-electron chi connectivity index (χ3n) is 6.71. The maximum absolute atomic E-state index is 12.6. The molecule has 0 aliphatic heterocycles. The summed E-state index contributed by atoms with van der Waals surface area (Å²) in [6, 6.07) is 14.2. The molecule has 2 aromatic carbocycles. The second kappa shape index (κ2) is 16.9. The summed E-state index contributed by atoms with van der Waals surface area (Å²) >= 11 is 0. The summed E-state index contributed by atoms with van der Waals surface area (Å²) in [5.41, 5.74) is 6.84. The third-order valence-corrected chi connectivity index (χ3v) is 6.71. The molecule has 2 unspecified atom stereocenters. The number of nitrogens with one attached hydrogen (secondary N) is 3. The summed E-state index contributed by atoms with van der Waals surface area (Å²) in [5.74, 6) is -1.56. The van der Waals surface area contributed by atoms with E-state index in [0.29, 0.717) is 37.2 Å². The van der Waals surface area contributed by atoms with Crippen molar-refractivity contribution in [2.24, 2.45) is 0 Å². The monoisotopic (exact) mass is 599 g/mol. The molecule has 0 bridgehead atoms. The second-order valence-corrected chi connectivity index (χ2v) is 10.0. The van der Waals surface area contributed by atoms with Crippen LogP contribution in [0.1, 0.15) is 47.5 Å². The average molecular weight is 600 g/mol. The quantitative estimate of drug-likeness (QED) is 0.107. The largest absolute Gasteiger partial charge is 1.00 e. The minimum Gasteiger partial charge on any atom is -1.00 e.